The molecule has 11 heteroatoms. The number of nitrogens with one attached hydrogen (secondary N) is 1. The molecule has 0 aliphatic carbocycles. The number of amides is 1. The maximum atomic E-state index is 13.0. The van der Waals surface area contributed by atoms with Crippen molar-refractivity contribution in [2.45, 2.75) is 43.4 Å². The summed E-state index contributed by atoms with van der Waals surface area (Å²) >= 11 is 1.13. The molecule has 1 saturated heterocycles. The molecule has 0 bridgehead atoms. The molecule has 1 fully saturated rings. The number of hydrogen-bond donors (Lipinski definition) is 1. The van der Waals surface area contributed by atoms with Gasteiger partial charge in [0.2, 0.25) is 17.6 Å². The van der Waals surface area contributed by atoms with Crippen molar-refractivity contribution in [2.24, 2.45) is 5.92 Å². The molecule has 4 heterocycles. The van der Waals surface area contributed by atoms with Crippen LogP contribution in [0.15, 0.2) is 43.0 Å². The quantitative estimate of drug-likeness (QED) is 0.571. The lowest BCUT2D eigenvalue weighted by molar-refractivity contribution is -0.126. The van der Waals surface area contributed by atoms with Gasteiger partial charge in [0.1, 0.15) is 9.97 Å². The number of thiophene rings is 1. The number of sulfonamides is 1. The van der Waals surface area contributed by atoms with Gasteiger partial charge in [0.25, 0.3) is 10.0 Å². The van der Waals surface area contributed by atoms with Crippen LogP contribution in [-0.2, 0) is 21.2 Å². The Morgan fingerprint density at radius 3 is 2.81 bits per heavy atom. The molecule has 0 radical (unpaired) electrons. The van der Waals surface area contributed by atoms with E-state index in [1.165, 1.54) is 4.31 Å². The van der Waals surface area contributed by atoms with Gasteiger partial charge in [-0.3, -0.25) is 4.79 Å². The summed E-state index contributed by atoms with van der Waals surface area (Å²) in [6.45, 7) is 4.22. The van der Waals surface area contributed by atoms with Crippen LogP contribution >= 0.6 is 11.3 Å². The molecule has 3 aromatic rings. The predicted octanol–water partition coefficient (Wildman–Crippen LogP) is 2.85. The predicted molar refractivity (Wildman–Crippen MR) is 114 cm³/mol. The third-order valence-electron chi connectivity index (χ3n) is 5.26. The second-order valence-electron chi connectivity index (χ2n) is 7.66. The molecule has 0 spiro atoms. The number of rotatable bonds is 7. The lowest BCUT2D eigenvalue weighted by Crippen LogP contribution is -2.45. The van der Waals surface area contributed by atoms with Crippen molar-refractivity contribution in [3.05, 3.63) is 41.5 Å². The van der Waals surface area contributed by atoms with E-state index in [1.54, 1.807) is 24.6 Å². The first kappa shape index (κ1) is 21.7. The van der Waals surface area contributed by atoms with E-state index in [4.69, 9.17) is 8.94 Å². The first-order chi connectivity index (χ1) is 14.8. The second kappa shape index (κ2) is 8.93. The zero-order valence-electron chi connectivity index (χ0n) is 17.3. The standard InChI is InChI=1S/C20H24N4O5S2/c1-13(10-17-4-3-9-28-17)21-20(25)15-5-7-24(8-6-15)31(26,27)18-11-16(12-30-18)19-22-14(2)29-23-19/h3-4,9,11-13,15H,5-8,10H2,1-2H3,(H,21,25). The van der Waals surface area contributed by atoms with Gasteiger partial charge in [-0.05, 0) is 38.0 Å². The monoisotopic (exact) mass is 464 g/mol. The number of nitrogens with zero attached hydrogens (tertiary/aromatic N) is 3. The van der Waals surface area contributed by atoms with Crippen LogP contribution in [0.1, 0.15) is 31.4 Å². The van der Waals surface area contributed by atoms with E-state index in [1.807, 2.05) is 19.1 Å². The highest BCUT2D eigenvalue weighted by Gasteiger charge is 2.33. The molecule has 1 amide bonds. The van der Waals surface area contributed by atoms with Gasteiger partial charge in [-0.15, -0.1) is 11.3 Å². The fourth-order valence-corrected chi connectivity index (χ4v) is 6.39. The zero-order valence-corrected chi connectivity index (χ0v) is 18.9. The van der Waals surface area contributed by atoms with E-state index in [0.717, 1.165) is 17.1 Å². The first-order valence-corrected chi connectivity index (χ1v) is 12.4. The number of hydrogen-bond acceptors (Lipinski definition) is 8. The van der Waals surface area contributed by atoms with Gasteiger partial charge in [-0.2, -0.15) is 9.29 Å². The molecule has 1 aliphatic heterocycles. The van der Waals surface area contributed by atoms with E-state index >= 15 is 0 Å². The van der Waals surface area contributed by atoms with Crippen molar-refractivity contribution in [1.82, 2.24) is 19.8 Å². The Morgan fingerprint density at radius 1 is 1.39 bits per heavy atom. The van der Waals surface area contributed by atoms with Crippen LogP contribution < -0.4 is 5.32 Å². The van der Waals surface area contributed by atoms with Crippen LogP contribution in [0.25, 0.3) is 11.4 Å². The van der Waals surface area contributed by atoms with Gasteiger partial charge in [-0.25, -0.2) is 8.42 Å². The SMILES string of the molecule is Cc1nc(-c2csc(S(=O)(=O)N3CCC(C(=O)NC(C)Cc4ccco4)CC3)c2)no1. The number of carbonyl (C=O) groups is 1. The molecule has 1 atom stereocenters. The summed E-state index contributed by atoms with van der Waals surface area (Å²) in [6, 6.07) is 5.21. The Morgan fingerprint density at radius 2 is 2.16 bits per heavy atom. The van der Waals surface area contributed by atoms with Gasteiger partial charge in [0.05, 0.1) is 6.26 Å². The number of furan rings is 1. The van der Waals surface area contributed by atoms with Gasteiger partial charge in [-0.1, -0.05) is 5.16 Å². The highest BCUT2D eigenvalue weighted by Crippen LogP contribution is 2.31. The molecular weight excluding hydrogens is 440 g/mol. The first-order valence-electron chi connectivity index (χ1n) is 10.0. The van der Waals surface area contributed by atoms with Crippen LogP contribution in [-0.4, -0.2) is 47.9 Å². The molecule has 0 saturated carbocycles. The van der Waals surface area contributed by atoms with Crippen molar-refractivity contribution in [3.8, 4) is 11.4 Å². The van der Waals surface area contributed by atoms with Crippen LogP contribution in [0.2, 0.25) is 0 Å². The highest BCUT2D eigenvalue weighted by atomic mass is 32.2. The molecule has 0 aromatic carbocycles. The number of aromatic nitrogens is 2. The van der Waals surface area contributed by atoms with E-state index in [9.17, 15) is 13.2 Å². The molecular formula is C20H24N4O5S2. The van der Waals surface area contributed by atoms with Crippen molar-refractivity contribution in [3.63, 3.8) is 0 Å². The van der Waals surface area contributed by atoms with E-state index in [-0.39, 0.29) is 22.1 Å². The van der Waals surface area contributed by atoms with E-state index in [2.05, 4.69) is 15.5 Å². The average molecular weight is 465 g/mol. The summed E-state index contributed by atoms with van der Waals surface area (Å²) in [5.74, 6) is 1.37. The Balaban J connectivity index is 1.33. The highest BCUT2D eigenvalue weighted by molar-refractivity contribution is 7.91. The molecule has 1 unspecified atom stereocenters. The fraction of sp³-hybridized carbons (Fsp3) is 0.450. The third-order valence-corrected chi connectivity index (χ3v) is 8.57. The summed E-state index contributed by atoms with van der Waals surface area (Å²) in [7, 11) is -3.63. The van der Waals surface area contributed by atoms with Gasteiger partial charge in [0.15, 0.2) is 0 Å². The van der Waals surface area contributed by atoms with E-state index < -0.39 is 10.0 Å². The van der Waals surface area contributed by atoms with Crippen LogP contribution in [0.3, 0.4) is 0 Å². The fourth-order valence-electron chi connectivity index (χ4n) is 3.61. The molecule has 31 heavy (non-hydrogen) atoms. The minimum Gasteiger partial charge on any atom is -0.469 e. The zero-order chi connectivity index (χ0) is 22.0. The van der Waals surface area contributed by atoms with Crippen molar-refractivity contribution >= 4 is 27.3 Å². The number of aryl methyl sites for hydroxylation is 1. The number of carbonyl (C=O) groups excluding carboxylic acids is 1. The Kier molecular flexibility index (Phi) is 6.26. The van der Waals surface area contributed by atoms with Crippen LogP contribution in [0.4, 0.5) is 0 Å². The second-order valence-corrected chi connectivity index (χ2v) is 10.7. The molecule has 1 N–H and O–H groups in total. The number of piperidine rings is 1. The Bertz CT molecular complexity index is 1130. The van der Waals surface area contributed by atoms with Gasteiger partial charge < -0.3 is 14.3 Å². The van der Waals surface area contributed by atoms with Crippen LogP contribution in [0.5, 0.6) is 0 Å². The molecule has 3 aromatic heterocycles. The molecule has 166 valence electrons. The summed E-state index contributed by atoms with van der Waals surface area (Å²) in [5.41, 5.74) is 0.611. The summed E-state index contributed by atoms with van der Waals surface area (Å²) < 4.78 is 38.0. The maximum absolute atomic E-state index is 13.0. The normalized spacial score (nSPS) is 17.0. The van der Waals surface area contributed by atoms with Crippen molar-refractivity contribution < 1.29 is 22.2 Å². The minimum absolute atomic E-state index is 0.0398. The summed E-state index contributed by atoms with van der Waals surface area (Å²) in [5, 5.41) is 8.55. The Labute approximate surface area is 184 Å². The lowest BCUT2D eigenvalue weighted by atomic mass is 9.96. The molecule has 9 nitrogen and oxygen atoms in total. The maximum Gasteiger partial charge on any atom is 0.252 e. The Hall–Kier alpha value is -2.50. The largest absolute Gasteiger partial charge is 0.469 e. The molecule has 1 aliphatic rings. The van der Waals surface area contributed by atoms with E-state index in [0.29, 0.717) is 49.6 Å². The average Bonchev–Trinajstić information content (AvgIpc) is 3.49. The third kappa shape index (κ3) is 4.89. The summed E-state index contributed by atoms with van der Waals surface area (Å²) in [4.78, 5) is 16.7. The smallest absolute Gasteiger partial charge is 0.252 e. The summed E-state index contributed by atoms with van der Waals surface area (Å²) in [6.07, 6.45) is 3.20. The lowest BCUT2D eigenvalue weighted by Gasteiger charge is -2.30. The van der Waals surface area contributed by atoms with Gasteiger partial charge in [0, 0.05) is 49.3 Å². The van der Waals surface area contributed by atoms with Crippen molar-refractivity contribution in [1.29, 1.82) is 0 Å². The molecule has 4 rings (SSSR count). The van der Waals surface area contributed by atoms with Crippen LogP contribution in [0, 0.1) is 12.8 Å². The van der Waals surface area contributed by atoms with Crippen molar-refractivity contribution in [2.75, 3.05) is 13.1 Å². The van der Waals surface area contributed by atoms with Gasteiger partial charge >= 0.3 is 0 Å². The minimum atomic E-state index is -3.63. The topological polar surface area (TPSA) is 119 Å².